The molecule has 1 unspecified atom stereocenters. The highest BCUT2D eigenvalue weighted by atomic mass is 16.1. The van der Waals surface area contributed by atoms with E-state index in [9.17, 15) is 9.59 Å². The van der Waals surface area contributed by atoms with Crippen molar-refractivity contribution in [1.82, 2.24) is 0 Å². The molecule has 2 aromatic carbocycles. The lowest BCUT2D eigenvalue weighted by molar-refractivity contribution is -0.129. The molecule has 0 amide bonds. The Bertz CT molecular complexity index is 770. The predicted octanol–water partition coefficient (Wildman–Crippen LogP) is 4.72. The van der Waals surface area contributed by atoms with Gasteiger partial charge in [0.25, 0.3) is 0 Å². The Morgan fingerprint density at radius 1 is 0.917 bits per heavy atom. The average molecular weight is 316 g/mol. The van der Waals surface area contributed by atoms with Crippen LogP contribution in [0.3, 0.4) is 0 Å². The van der Waals surface area contributed by atoms with E-state index in [1.54, 1.807) is 12.2 Å². The van der Waals surface area contributed by atoms with Gasteiger partial charge in [-0.3, -0.25) is 9.59 Å². The lowest BCUT2D eigenvalue weighted by atomic mass is 9.81. The smallest absolute Gasteiger partial charge is 0.169 e. The van der Waals surface area contributed by atoms with Crippen LogP contribution in [0.5, 0.6) is 0 Å². The fraction of sp³-hybridized carbons (Fsp3) is 0.182. The van der Waals surface area contributed by atoms with Crippen LogP contribution in [0.25, 0.3) is 12.2 Å². The minimum absolute atomic E-state index is 0.0205. The van der Waals surface area contributed by atoms with Crippen molar-refractivity contribution >= 4 is 23.7 Å². The van der Waals surface area contributed by atoms with Crippen molar-refractivity contribution in [2.24, 2.45) is 5.92 Å². The highest BCUT2D eigenvalue weighted by Gasteiger charge is 2.30. The van der Waals surface area contributed by atoms with Crippen molar-refractivity contribution in [3.8, 4) is 0 Å². The molecule has 0 aliphatic heterocycles. The molecule has 0 bridgehead atoms. The summed E-state index contributed by atoms with van der Waals surface area (Å²) in [5.74, 6) is -0.649. The van der Waals surface area contributed by atoms with Gasteiger partial charge < -0.3 is 0 Å². The van der Waals surface area contributed by atoms with Gasteiger partial charge in [-0.15, -0.1) is 0 Å². The highest BCUT2D eigenvalue weighted by molar-refractivity contribution is 6.16. The van der Waals surface area contributed by atoms with Gasteiger partial charge in [0.1, 0.15) is 0 Å². The van der Waals surface area contributed by atoms with E-state index in [0.717, 1.165) is 29.5 Å². The van der Waals surface area contributed by atoms with Gasteiger partial charge in [0.2, 0.25) is 0 Å². The number of hydrogen-bond donors (Lipinski definition) is 0. The number of ketones is 2. The Morgan fingerprint density at radius 2 is 1.54 bits per heavy atom. The third kappa shape index (κ3) is 3.96. The second-order valence-electron chi connectivity index (χ2n) is 6.04. The molecule has 3 rings (SSSR count). The number of carbonyl (C=O) groups excluding carboxylic acids is 2. The van der Waals surface area contributed by atoms with Gasteiger partial charge in [0, 0.05) is 0 Å². The number of benzene rings is 2. The first-order valence-corrected chi connectivity index (χ1v) is 8.31. The molecule has 120 valence electrons. The SMILES string of the molecule is O=C(/C=C/c1ccccc1)C1CCC/C(=C\c2ccccc2)C1=O. The van der Waals surface area contributed by atoms with E-state index >= 15 is 0 Å². The van der Waals surface area contributed by atoms with E-state index in [-0.39, 0.29) is 11.6 Å². The zero-order valence-electron chi connectivity index (χ0n) is 13.5. The standard InChI is InChI=1S/C22H20O2/c23-21(15-14-17-8-3-1-4-9-17)20-13-7-12-19(22(20)24)16-18-10-5-2-6-11-18/h1-6,8-11,14-16,20H,7,12-13H2/b15-14+,19-16+. The lowest BCUT2D eigenvalue weighted by Gasteiger charge is -2.20. The van der Waals surface area contributed by atoms with Crippen LogP contribution in [-0.2, 0) is 9.59 Å². The molecule has 0 aromatic heterocycles. The van der Waals surface area contributed by atoms with Crippen LogP contribution in [-0.4, -0.2) is 11.6 Å². The molecule has 2 aromatic rings. The lowest BCUT2D eigenvalue weighted by Crippen LogP contribution is -2.27. The van der Waals surface area contributed by atoms with Gasteiger partial charge in [-0.25, -0.2) is 0 Å². The maximum Gasteiger partial charge on any atom is 0.169 e. The summed E-state index contributed by atoms with van der Waals surface area (Å²) in [5.41, 5.74) is 2.74. The Kier molecular flexibility index (Phi) is 5.17. The van der Waals surface area contributed by atoms with Gasteiger partial charge in [-0.1, -0.05) is 66.7 Å². The summed E-state index contributed by atoms with van der Waals surface area (Å²) in [6, 6.07) is 19.5. The summed E-state index contributed by atoms with van der Waals surface area (Å²) in [4.78, 5) is 25.1. The summed E-state index contributed by atoms with van der Waals surface area (Å²) in [6.45, 7) is 0. The van der Waals surface area contributed by atoms with E-state index in [2.05, 4.69) is 0 Å². The van der Waals surface area contributed by atoms with Crippen LogP contribution < -0.4 is 0 Å². The minimum atomic E-state index is -0.534. The Balaban J connectivity index is 1.74. The molecule has 24 heavy (non-hydrogen) atoms. The number of Topliss-reactive ketones (excluding diaryl/α,β-unsaturated/α-hetero) is 1. The minimum Gasteiger partial charge on any atom is -0.294 e. The molecule has 1 fully saturated rings. The van der Waals surface area contributed by atoms with Crippen molar-refractivity contribution in [2.75, 3.05) is 0 Å². The molecular weight excluding hydrogens is 296 g/mol. The van der Waals surface area contributed by atoms with Crippen LogP contribution in [0.2, 0.25) is 0 Å². The molecule has 0 saturated heterocycles. The van der Waals surface area contributed by atoms with Crippen molar-refractivity contribution in [2.45, 2.75) is 19.3 Å². The normalized spacial score (nSPS) is 19.8. The zero-order chi connectivity index (χ0) is 16.8. The van der Waals surface area contributed by atoms with Crippen LogP contribution >= 0.6 is 0 Å². The first-order valence-electron chi connectivity index (χ1n) is 8.31. The van der Waals surface area contributed by atoms with Crippen LogP contribution in [0.4, 0.5) is 0 Å². The number of allylic oxidation sites excluding steroid dienone is 2. The number of rotatable bonds is 4. The summed E-state index contributed by atoms with van der Waals surface area (Å²) >= 11 is 0. The van der Waals surface area contributed by atoms with E-state index in [0.29, 0.717) is 6.42 Å². The number of carbonyl (C=O) groups is 2. The van der Waals surface area contributed by atoms with Gasteiger partial charge in [0.05, 0.1) is 5.92 Å². The summed E-state index contributed by atoms with van der Waals surface area (Å²) < 4.78 is 0. The Hall–Kier alpha value is -2.74. The van der Waals surface area contributed by atoms with E-state index in [1.807, 2.05) is 66.7 Å². The third-order valence-electron chi connectivity index (χ3n) is 4.30. The number of hydrogen-bond acceptors (Lipinski definition) is 2. The average Bonchev–Trinajstić information content (AvgIpc) is 2.63. The summed E-state index contributed by atoms with van der Waals surface area (Å²) in [6.07, 6.45) is 7.51. The van der Waals surface area contributed by atoms with E-state index in [1.165, 1.54) is 0 Å². The Morgan fingerprint density at radius 3 is 2.21 bits per heavy atom. The van der Waals surface area contributed by atoms with Crippen LogP contribution in [0.15, 0.2) is 72.3 Å². The quantitative estimate of drug-likeness (QED) is 0.604. The topological polar surface area (TPSA) is 34.1 Å². The molecule has 1 atom stereocenters. The fourth-order valence-electron chi connectivity index (χ4n) is 3.00. The van der Waals surface area contributed by atoms with Crippen molar-refractivity contribution < 1.29 is 9.59 Å². The summed E-state index contributed by atoms with van der Waals surface area (Å²) in [7, 11) is 0. The largest absolute Gasteiger partial charge is 0.294 e. The predicted molar refractivity (Wildman–Crippen MR) is 97.3 cm³/mol. The highest BCUT2D eigenvalue weighted by Crippen LogP contribution is 2.28. The van der Waals surface area contributed by atoms with Gasteiger partial charge in [-0.05, 0) is 48.1 Å². The molecule has 2 heteroatoms. The van der Waals surface area contributed by atoms with Crippen LogP contribution in [0.1, 0.15) is 30.4 Å². The molecule has 1 saturated carbocycles. The molecule has 0 spiro atoms. The van der Waals surface area contributed by atoms with E-state index < -0.39 is 5.92 Å². The molecule has 2 nitrogen and oxygen atoms in total. The second-order valence-corrected chi connectivity index (χ2v) is 6.04. The van der Waals surface area contributed by atoms with Crippen molar-refractivity contribution in [3.63, 3.8) is 0 Å². The fourth-order valence-corrected chi connectivity index (χ4v) is 3.00. The zero-order valence-corrected chi connectivity index (χ0v) is 13.5. The van der Waals surface area contributed by atoms with Crippen molar-refractivity contribution in [1.29, 1.82) is 0 Å². The van der Waals surface area contributed by atoms with Crippen molar-refractivity contribution in [3.05, 3.63) is 83.4 Å². The first kappa shape index (κ1) is 16.1. The maximum atomic E-state index is 12.7. The summed E-state index contributed by atoms with van der Waals surface area (Å²) in [5, 5.41) is 0. The van der Waals surface area contributed by atoms with Gasteiger partial charge in [-0.2, -0.15) is 0 Å². The Labute approximate surface area is 142 Å². The van der Waals surface area contributed by atoms with Gasteiger partial charge in [0.15, 0.2) is 11.6 Å². The van der Waals surface area contributed by atoms with E-state index in [4.69, 9.17) is 0 Å². The third-order valence-corrected chi connectivity index (χ3v) is 4.30. The molecule has 0 radical (unpaired) electrons. The maximum absolute atomic E-state index is 12.7. The molecule has 0 heterocycles. The van der Waals surface area contributed by atoms with Gasteiger partial charge >= 0.3 is 0 Å². The first-order chi connectivity index (χ1) is 11.7. The molecule has 1 aliphatic rings. The molecule has 1 aliphatic carbocycles. The molecular formula is C22H20O2. The molecule has 0 N–H and O–H groups in total. The monoisotopic (exact) mass is 316 g/mol. The van der Waals surface area contributed by atoms with Crippen LogP contribution in [0, 0.1) is 5.92 Å². The second kappa shape index (κ2) is 7.69.